The van der Waals surface area contributed by atoms with Gasteiger partial charge in [0.2, 0.25) is 5.91 Å². The molecule has 158 valence electrons. The van der Waals surface area contributed by atoms with Gasteiger partial charge in [-0.15, -0.1) is 11.8 Å². The summed E-state index contributed by atoms with van der Waals surface area (Å²) in [7, 11) is 5.40. The van der Waals surface area contributed by atoms with E-state index in [0.717, 1.165) is 32.6 Å². The molecule has 0 aliphatic rings. The second-order valence-corrected chi connectivity index (χ2v) is 8.41. The number of aromatic nitrogens is 2. The maximum atomic E-state index is 11.9. The normalized spacial score (nSPS) is 11.4. The number of guanidine groups is 1. The Labute approximate surface area is 181 Å². The minimum atomic E-state index is -0.0104. The smallest absolute Gasteiger partial charge is 0.241 e. The molecule has 0 aliphatic carbocycles. The third-order valence-electron chi connectivity index (χ3n) is 4.44. The summed E-state index contributed by atoms with van der Waals surface area (Å²) in [6.07, 6.45) is 0. The van der Waals surface area contributed by atoms with Crippen LogP contribution in [0, 0.1) is 13.8 Å². The van der Waals surface area contributed by atoms with Crippen LogP contribution in [-0.2, 0) is 18.4 Å². The van der Waals surface area contributed by atoms with Crippen LogP contribution in [0.25, 0.3) is 0 Å². The number of benzene rings is 1. The maximum Gasteiger partial charge on any atom is 0.241 e. The quantitative estimate of drug-likeness (QED) is 0.288. The average molecular weight is 437 g/mol. The van der Waals surface area contributed by atoms with Crippen molar-refractivity contribution in [3.8, 4) is 0 Å². The molecule has 1 amide bonds. The van der Waals surface area contributed by atoms with Crippen LogP contribution in [0.1, 0.15) is 17.0 Å². The molecule has 0 spiro atoms. The minimum Gasteiger partial charge on any atom is -0.356 e. The third kappa shape index (κ3) is 7.29. The van der Waals surface area contributed by atoms with E-state index in [-0.39, 0.29) is 12.5 Å². The Hall–Kier alpha value is -2.19. The predicted octanol–water partition coefficient (Wildman–Crippen LogP) is 2.61. The number of carbonyl (C=O) groups excluding carboxylic acids is 1. The van der Waals surface area contributed by atoms with Gasteiger partial charge in [0.05, 0.1) is 18.8 Å². The summed E-state index contributed by atoms with van der Waals surface area (Å²) < 4.78 is 1.86. The zero-order chi connectivity index (χ0) is 21.4. The van der Waals surface area contributed by atoms with Crippen molar-refractivity contribution in [3.63, 3.8) is 0 Å². The largest absolute Gasteiger partial charge is 0.356 e. The van der Waals surface area contributed by atoms with Crippen LogP contribution in [0.3, 0.4) is 0 Å². The van der Waals surface area contributed by atoms with E-state index in [2.05, 4.69) is 20.7 Å². The van der Waals surface area contributed by atoms with Crippen molar-refractivity contribution in [2.75, 3.05) is 32.9 Å². The van der Waals surface area contributed by atoms with Crippen LogP contribution in [0.2, 0.25) is 5.02 Å². The Morgan fingerprint density at radius 2 is 1.93 bits per heavy atom. The summed E-state index contributed by atoms with van der Waals surface area (Å²) >= 11 is 7.65. The van der Waals surface area contributed by atoms with E-state index < -0.39 is 0 Å². The van der Waals surface area contributed by atoms with E-state index in [1.807, 2.05) is 49.8 Å². The van der Waals surface area contributed by atoms with E-state index in [4.69, 9.17) is 11.6 Å². The highest BCUT2D eigenvalue weighted by Crippen LogP contribution is 2.19. The van der Waals surface area contributed by atoms with Gasteiger partial charge in [-0.2, -0.15) is 5.10 Å². The highest BCUT2D eigenvalue weighted by molar-refractivity contribution is 7.99. The van der Waals surface area contributed by atoms with Gasteiger partial charge in [-0.1, -0.05) is 11.6 Å². The van der Waals surface area contributed by atoms with Gasteiger partial charge in [-0.3, -0.25) is 9.48 Å². The van der Waals surface area contributed by atoms with Gasteiger partial charge in [-0.05, 0) is 38.1 Å². The number of halogens is 1. The first-order valence-corrected chi connectivity index (χ1v) is 10.7. The number of hydrogen-bond donors (Lipinski definition) is 2. The van der Waals surface area contributed by atoms with Crippen molar-refractivity contribution in [2.45, 2.75) is 25.3 Å². The van der Waals surface area contributed by atoms with Gasteiger partial charge in [-0.25, -0.2) is 4.99 Å². The fourth-order valence-corrected chi connectivity index (χ4v) is 3.46. The van der Waals surface area contributed by atoms with E-state index in [0.29, 0.717) is 19.0 Å². The van der Waals surface area contributed by atoms with Gasteiger partial charge in [0.25, 0.3) is 0 Å². The Kier molecular flexibility index (Phi) is 8.85. The molecular weight excluding hydrogens is 408 g/mol. The third-order valence-corrected chi connectivity index (χ3v) is 5.70. The number of carbonyl (C=O) groups is 1. The van der Waals surface area contributed by atoms with Crippen molar-refractivity contribution in [1.82, 2.24) is 25.3 Å². The lowest BCUT2D eigenvalue weighted by atomic mass is 10.2. The number of amides is 1. The number of aryl methyl sites for hydroxylation is 2. The molecule has 29 heavy (non-hydrogen) atoms. The second kappa shape index (κ2) is 11.1. The van der Waals surface area contributed by atoms with E-state index >= 15 is 0 Å². The summed E-state index contributed by atoms with van der Waals surface area (Å²) in [5.41, 5.74) is 3.16. The molecule has 9 heteroatoms. The molecule has 0 saturated carbocycles. The highest BCUT2D eigenvalue weighted by atomic mass is 35.5. The fourth-order valence-electron chi connectivity index (χ4n) is 2.57. The molecule has 0 unspecified atom stereocenters. The van der Waals surface area contributed by atoms with Crippen LogP contribution >= 0.6 is 23.4 Å². The zero-order valence-corrected chi connectivity index (χ0v) is 19.2. The summed E-state index contributed by atoms with van der Waals surface area (Å²) in [4.78, 5) is 19.3. The minimum absolute atomic E-state index is 0.0104. The average Bonchev–Trinajstić information content (AvgIpc) is 2.93. The van der Waals surface area contributed by atoms with E-state index in [1.165, 1.54) is 0 Å². The van der Waals surface area contributed by atoms with Crippen molar-refractivity contribution < 1.29 is 4.79 Å². The highest BCUT2D eigenvalue weighted by Gasteiger charge is 2.10. The first-order chi connectivity index (χ1) is 13.8. The molecule has 7 nitrogen and oxygen atoms in total. The molecule has 0 radical (unpaired) electrons. The molecule has 0 saturated heterocycles. The fraction of sp³-hybridized carbons (Fsp3) is 0.450. The Morgan fingerprint density at radius 3 is 2.52 bits per heavy atom. The number of likely N-dealkylation sites (N-methyl/N-ethyl adjacent to an activating group) is 1. The van der Waals surface area contributed by atoms with Gasteiger partial charge in [0, 0.05) is 54.6 Å². The van der Waals surface area contributed by atoms with Gasteiger partial charge in [0.15, 0.2) is 5.96 Å². The number of rotatable bonds is 8. The van der Waals surface area contributed by atoms with E-state index in [9.17, 15) is 4.79 Å². The lowest BCUT2D eigenvalue weighted by molar-refractivity contribution is -0.127. The number of aliphatic imine (C=N–C) groups is 1. The molecule has 2 aromatic rings. The Balaban J connectivity index is 1.96. The lowest BCUT2D eigenvalue weighted by Crippen LogP contribution is -2.43. The van der Waals surface area contributed by atoms with Gasteiger partial charge < -0.3 is 15.5 Å². The monoisotopic (exact) mass is 436 g/mol. The Bertz CT molecular complexity index is 847. The first-order valence-electron chi connectivity index (χ1n) is 9.37. The molecule has 2 rings (SSSR count). The Morgan fingerprint density at radius 1 is 1.24 bits per heavy atom. The summed E-state index contributed by atoms with van der Waals surface area (Å²) in [6.45, 7) is 5.41. The van der Waals surface area contributed by atoms with Crippen molar-refractivity contribution in [1.29, 1.82) is 0 Å². The number of nitrogens with zero attached hydrogens (tertiary/aromatic N) is 4. The molecule has 0 atom stereocenters. The summed E-state index contributed by atoms with van der Waals surface area (Å²) in [5, 5.41) is 11.6. The molecule has 1 heterocycles. The molecule has 0 fully saturated rings. The topological polar surface area (TPSA) is 74.5 Å². The summed E-state index contributed by atoms with van der Waals surface area (Å²) in [6, 6.07) is 7.78. The van der Waals surface area contributed by atoms with Crippen molar-refractivity contribution >= 4 is 35.2 Å². The molecular formula is C20H29ClN6OS. The second-order valence-electron chi connectivity index (χ2n) is 6.81. The van der Waals surface area contributed by atoms with E-state index in [1.54, 1.807) is 30.8 Å². The molecule has 1 aromatic heterocycles. The standard InChI is InChI=1S/C20H29ClN6OS/c1-14-18(15(2)27(5)25-14)12-23-20(24-13-19(28)26(3)4)22-10-11-29-17-8-6-16(21)7-9-17/h6-9H,10-13H2,1-5H3,(H2,22,23,24). The van der Waals surface area contributed by atoms with Gasteiger partial charge >= 0.3 is 0 Å². The molecule has 0 bridgehead atoms. The zero-order valence-electron chi connectivity index (χ0n) is 17.6. The lowest BCUT2D eigenvalue weighted by Gasteiger charge is -2.15. The number of hydrogen-bond acceptors (Lipinski definition) is 4. The number of nitrogens with one attached hydrogen (secondary N) is 2. The van der Waals surface area contributed by atoms with Crippen LogP contribution in [0.5, 0.6) is 0 Å². The van der Waals surface area contributed by atoms with Crippen molar-refractivity contribution in [2.24, 2.45) is 12.0 Å². The van der Waals surface area contributed by atoms with Crippen LogP contribution < -0.4 is 10.6 Å². The maximum absolute atomic E-state index is 11.9. The van der Waals surface area contributed by atoms with Gasteiger partial charge in [0.1, 0.15) is 0 Å². The summed E-state index contributed by atoms with van der Waals surface area (Å²) in [5.74, 6) is 1.46. The molecule has 2 N–H and O–H groups in total. The molecule has 0 aliphatic heterocycles. The van der Waals surface area contributed by atoms with Crippen molar-refractivity contribution in [3.05, 3.63) is 46.2 Å². The molecule has 1 aromatic carbocycles. The van der Waals surface area contributed by atoms with Crippen LogP contribution in [0.4, 0.5) is 0 Å². The van der Waals surface area contributed by atoms with Crippen LogP contribution in [-0.4, -0.2) is 59.5 Å². The van der Waals surface area contributed by atoms with Crippen LogP contribution in [0.15, 0.2) is 34.2 Å². The first kappa shape index (κ1) is 23.1. The predicted molar refractivity (Wildman–Crippen MR) is 121 cm³/mol. The SMILES string of the molecule is Cc1nn(C)c(C)c1CN=C(NCCSc1ccc(Cl)cc1)NCC(=O)N(C)C. The number of thioether (sulfide) groups is 1.